The quantitative estimate of drug-likeness (QED) is 0.218. The summed E-state index contributed by atoms with van der Waals surface area (Å²) in [7, 11) is 0. The number of Topliss-reactive ketones (excluding diaryl/α,β-unsaturated/α-hetero) is 1. The number of rotatable bonds is 10. The number of benzene rings is 3. The normalized spacial score (nSPS) is 15.1. The van der Waals surface area contributed by atoms with Gasteiger partial charge < -0.3 is 20.1 Å². The summed E-state index contributed by atoms with van der Waals surface area (Å²) < 4.78 is 18.4. The van der Waals surface area contributed by atoms with Crippen LogP contribution < -0.4 is 10.1 Å². The molecule has 0 radical (unpaired) electrons. The Morgan fingerprint density at radius 1 is 1.05 bits per heavy atom. The van der Waals surface area contributed by atoms with Gasteiger partial charge in [-0.25, -0.2) is 4.39 Å². The molecule has 1 aliphatic heterocycles. The first-order valence-corrected chi connectivity index (χ1v) is 12.4. The fraction of sp³-hybridized carbons (Fsp3) is 0.241. The SMILES string of the molecule is C=COc1ccc(C(O)C(CN2CCCC2)NC(=O)C(=O)c2ccc(-c3ccc(F)cc3)cc2)cc1Cl. The van der Waals surface area contributed by atoms with Crippen molar-refractivity contribution in [1.29, 1.82) is 0 Å². The van der Waals surface area contributed by atoms with E-state index in [1.165, 1.54) is 18.4 Å². The van der Waals surface area contributed by atoms with Crippen molar-refractivity contribution < 1.29 is 23.8 Å². The number of ketones is 1. The van der Waals surface area contributed by atoms with E-state index in [9.17, 15) is 19.1 Å². The summed E-state index contributed by atoms with van der Waals surface area (Å²) in [6.07, 6.45) is 2.23. The second-order valence-corrected chi connectivity index (χ2v) is 9.33. The molecule has 4 rings (SSSR count). The van der Waals surface area contributed by atoms with Gasteiger partial charge in [-0.15, -0.1) is 0 Å². The van der Waals surface area contributed by atoms with E-state index in [0.29, 0.717) is 22.9 Å². The first-order valence-electron chi connectivity index (χ1n) is 12.0. The van der Waals surface area contributed by atoms with Crippen LogP contribution in [0.4, 0.5) is 4.39 Å². The van der Waals surface area contributed by atoms with Gasteiger partial charge in [0.2, 0.25) is 5.78 Å². The highest BCUT2D eigenvalue weighted by atomic mass is 35.5. The van der Waals surface area contributed by atoms with E-state index < -0.39 is 23.8 Å². The number of hydrogen-bond acceptors (Lipinski definition) is 5. The number of carbonyl (C=O) groups excluding carboxylic acids is 2. The standard InChI is InChI=1S/C29H28ClFN2O4/c1-2-37-26-14-11-22(17-24(26)30)27(34)25(18-33-15-3-4-16-33)32-29(36)28(35)21-7-5-19(6-8-21)20-9-12-23(31)13-10-20/h2,5-14,17,25,27,34H,1,3-4,15-16,18H2,(H,32,36). The molecule has 192 valence electrons. The minimum Gasteiger partial charge on any atom is -0.464 e. The van der Waals surface area contributed by atoms with Crippen molar-refractivity contribution in [3.05, 3.63) is 102 Å². The molecule has 8 heteroatoms. The summed E-state index contributed by atoms with van der Waals surface area (Å²) in [5, 5.41) is 14.2. The largest absolute Gasteiger partial charge is 0.464 e. The Morgan fingerprint density at radius 3 is 2.27 bits per heavy atom. The van der Waals surface area contributed by atoms with E-state index in [-0.39, 0.29) is 11.4 Å². The molecule has 6 nitrogen and oxygen atoms in total. The molecule has 0 spiro atoms. The molecular formula is C29H28ClFN2O4. The van der Waals surface area contributed by atoms with Crippen molar-refractivity contribution in [2.45, 2.75) is 25.0 Å². The topological polar surface area (TPSA) is 78.9 Å². The predicted octanol–water partition coefficient (Wildman–Crippen LogP) is 5.17. The lowest BCUT2D eigenvalue weighted by molar-refractivity contribution is -0.118. The number of nitrogens with one attached hydrogen (secondary N) is 1. The van der Waals surface area contributed by atoms with Crippen molar-refractivity contribution >= 4 is 23.3 Å². The number of amides is 1. The molecule has 1 saturated heterocycles. The van der Waals surface area contributed by atoms with Crippen LogP contribution in [0.5, 0.6) is 5.75 Å². The Kier molecular flexibility index (Phi) is 8.71. The van der Waals surface area contributed by atoms with Crippen molar-refractivity contribution in [2.24, 2.45) is 0 Å². The molecule has 3 aromatic carbocycles. The number of hydrogen-bond donors (Lipinski definition) is 2. The van der Waals surface area contributed by atoms with Gasteiger partial charge in [0.05, 0.1) is 17.3 Å². The van der Waals surface area contributed by atoms with Crippen LogP contribution in [-0.4, -0.2) is 47.4 Å². The van der Waals surface area contributed by atoms with Gasteiger partial charge in [0.15, 0.2) is 0 Å². The summed E-state index contributed by atoms with van der Waals surface area (Å²) in [4.78, 5) is 28.1. The van der Waals surface area contributed by atoms with Crippen LogP contribution in [0.3, 0.4) is 0 Å². The van der Waals surface area contributed by atoms with Crippen molar-refractivity contribution in [3.8, 4) is 16.9 Å². The molecule has 1 amide bonds. The number of nitrogens with zero attached hydrogens (tertiary/aromatic N) is 1. The van der Waals surface area contributed by atoms with Gasteiger partial charge in [-0.2, -0.15) is 0 Å². The number of halogens is 2. The highest BCUT2D eigenvalue weighted by molar-refractivity contribution is 6.42. The number of likely N-dealkylation sites (tertiary alicyclic amines) is 1. The molecule has 2 N–H and O–H groups in total. The lowest BCUT2D eigenvalue weighted by atomic mass is 10.00. The van der Waals surface area contributed by atoms with Gasteiger partial charge in [-0.05, 0) is 66.9 Å². The number of aliphatic hydroxyl groups is 1. The van der Waals surface area contributed by atoms with Crippen LogP contribution in [0.15, 0.2) is 79.6 Å². The third-order valence-electron chi connectivity index (χ3n) is 6.39. The van der Waals surface area contributed by atoms with Crippen LogP contribution >= 0.6 is 11.6 Å². The molecule has 0 bridgehead atoms. The summed E-state index contributed by atoms with van der Waals surface area (Å²) >= 11 is 6.27. The van der Waals surface area contributed by atoms with Crippen LogP contribution in [0.1, 0.15) is 34.9 Å². The van der Waals surface area contributed by atoms with E-state index in [4.69, 9.17) is 16.3 Å². The van der Waals surface area contributed by atoms with Gasteiger partial charge in [-0.1, -0.05) is 60.6 Å². The minimum atomic E-state index is -1.10. The molecule has 0 aliphatic carbocycles. The van der Waals surface area contributed by atoms with E-state index in [1.807, 2.05) is 0 Å². The van der Waals surface area contributed by atoms with E-state index in [1.54, 1.807) is 54.6 Å². The highest BCUT2D eigenvalue weighted by Crippen LogP contribution is 2.30. The molecule has 1 heterocycles. The average Bonchev–Trinajstić information content (AvgIpc) is 3.42. The summed E-state index contributed by atoms with van der Waals surface area (Å²) in [6, 6.07) is 16.7. The molecular weight excluding hydrogens is 495 g/mol. The van der Waals surface area contributed by atoms with Gasteiger partial charge >= 0.3 is 0 Å². The molecule has 0 aromatic heterocycles. The van der Waals surface area contributed by atoms with Crippen LogP contribution in [0.25, 0.3) is 11.1 Å². The summed E-state index contributed by atoms with van der Waals surface area (Å²) in [6.45, 7) is 5.59. The Morgan fingerprint density at radius 2 is 1.68 bits per heavy atom. The maximum Gasteiger partial charge on any atom is 0.292 e. The highest BCUT2D eigenvalue weighted by Gasteiger charge is 2.29. The minimum absolute atomic E-state index is 0.215. The number of aliphatic hydroxyl groups excluding tert-OH is 1. The lowest BCUT2D eigenvalue weighted by Gasteiger charge is -2.28. The second-order valence-electron chi connectivity index (χ2n) is 8.92. The molecule has 1 fully saturated rings. The molecule has 1 aliphatic rings. The van der Waals surface area contributed by atoms with Crippen molar-refractivity contribution in [1.82, 2.24) is 10.2 Å². The number of carbonyl (C=O) groups is 2. The lowest BCUT2D eigenvalue weighted by Crippen LogP contribution is -2.48. The number of ether oxygens (including phenoxy) is 1. The first kappa shape index (κ1) is 26.5. The maximum absolute atomic E-state index is 13.2. The summed E-state index contributed by atoms with van der Waals surface area (Å²) in [5.41, 5.74) is 2.29. The van der Waals surface area contributed by atoms with Crippen molar-refractivity contribution in [3.63, 3.8) is 0 Å². The fourth-order valence-electron chi connectivity index (χ4n) is 4.41. The van der Waals surface area contributed by atoms with E-state index in [0.717, 1.165) is 37.1 Å². The third-order valence-corrected chi connectivity index (χ3v) is 6.69. The van der Waals surface area contributed by atoms with Gasteiger partial charge in [0.25, 0.3) is 5.91 Å². The molecule has 37 heavy (non-hydrogen) atoms. The van der Waals surface area contributed by atoms with Gasteiger partial charge in [-0.3, -0.25) is 9.59 Å². The van der Waals surface area contributed by atoms with Crippen LogP contribution in [0.2, 0.25) is 5.02 Å². The van der Waals surface area contributed by atoms with Gasteiger partial charge in [0, 0.05) is 12.1 Å². The van der Waals surface area contributed by atoms with Gasteiger partial charge in [0.1, 0.15) is 17.7 Å². The van der Waals surface area contributed by atoms with Crippen LogP contribution in [0, 0.1) is 5.82 Å². The van der Waals surface area contributed by atoms with E-state index in [2.05, 4.69) is 16.8 Å². The summed E-state index contributed by atoms with van der Waals surface area (Å²) in [5.74, 6) is -1.46. The molecule has 2 unspecified atom stereocenters. The molecule has 0 saturated carbocycles. The van der Waals surface area contributed by atoms with E-state index >= 15 is 0 Å². The predicted molar refractivity (Wildman–Crippen MR) is 141 cm³/mol. The first-order chi connectivity index (χ1) is 17.9. The zero-order chi connectivity index (χ0) is 26.4. The molecule has 3 aromatic rings. The maximum atomic E-state index is 13.2. The Labute approximate surface area is 220 Å². The zero-order valence-electron chi connectivity index (χ0n) is 20.2. The second kappa shape index (κ2) is 12.1. The Balaban J connectivity index is 1.49. The monoisotopic (exact) mass is 522 g/mol. The van der Waals surface area contributed by atoms with Crippen LogP contribution in [-0.2, 0) is 4.79 Å². The smallest absolute Gasteiger partial charge is 0.292 e. The fourth-order valence-corrected chi connectivity index (χ4v) is 4.64. The Hall–Kier alpha value is -3.52. The zero-order valence-corrected chi connectivity index (χ0v) is 21.0. The van der Waals surface area contributed by atoms with Crippen molar-refractivity contribution in [2.75, 3.05) is 19.6 Å². The Bertz CT molecular complexity index is 1260. The molecule has 2 atom stereocenters. The third kappa shape index (κ3) is 6.63. The average molecular weight is 523 g/mol.